The summed E-state index contributed by atoms with van der Waals surface area (Å²) in [6.07, 6.45) is 10.9. The van der Waals surface area contributed by atoms with Gasteiger partial charge in [-0.1, -0.05) is 48.9 Å². The third-order valence-electron chi connectivity index (χ3n) is 8.04. The molecule has 4 heteroatoms. The molecule has 2 aliphatic heterocycles. The Morgan fingerprint density at radius 3 is 2.45 bits per heavy atom. The van der Waals surface area contributed by atoms with Crippen LogP contribution in [-0.4, -0.2) is 30.8 Å². The second kappa shape index (κ2) is 8.50. The van der Waals surface area contributed by atoms with Crippen LogP contribution in [0.3, 0.4) is 0 Å². The number of nitrogens with zero attached hydrogens (tertiary/aromatic N) is 1. The summed E-state index contributed by atoms with van der Waals surface area (Å²) in [7, 11) is 0. The third-order valence-corrected chi connectivity index (χ3v) is 9.70. The van der Waals surface area contributed by atoms with Crippen LogP contribution in [0.1, 0.15) is 55.2 Å². The van der Waals surface area contributed by atoms with E-state index in [1.54, 1.807) is 0 Å². The highest BCUT2D eigenvalue weighted by molar-refractivity contribution is 7.99. The highest BCUT2D eigenvalue weighted by Gasteiger charge is 2.44. The Balaban J connectivity index is 1.14. The summed E-state index contributed by atoms with van der Waals surface area (Å²) in [5, 5.41) is 4.34. The van der Waals surface area contributed by atoms with Gasteiger partial charge in [0.2, 0.25) is 0 Å². The Labute approximate surface area is 196 Å². The summed E-state index contributed by atoms with van der Waals surface area (Å²) >= 11 is 8.35. The second-order valence-corrected chi connectivity index (χ2v) is 11.2. The molecule has 1 aliphatic carbocycles. The van der Waals surface area contributed by atoms with Crippen LogP contribution in [-0.2, 0) is 16.6 Å². The highest BCUT2D eigenvalue weighted by Crippen LogP contribution is 2.51. The highest BCUT2D eigenvalue weighted by atomic mass is 35.5. The minimum atomic E-state index is 0.0569. The zero-order valence-corrected chi connectivity index (χ0v) is 20.1. The number of allylic oxidation sites excluding steroid dienone is 1. The van der Waals surface area contributed by atoms with E-state index in [4.69, 9.17) is 11.6 Å². The van der Waals surface area contributed by atoms with E-state index >= 15 is 0 Å². The minimum absolute atomic E-state index is 0.0569. The van der Waals surface area contributed by atoms with Crippen molar-refractivity contribution in [2.45, 2.75) is 55.1 Å². The van der Waals surface area contributed by atoms with Gasteiger partial charge >= 0.3 is 0 Å². The van der Waals surface area contributed by atoms with E-state index in [-0.39, 0.29) is 5.41 Å². The number of fused-ring (bicyclic) bond motifs is 2. The van der Waals surface area contributed by atoms with E-state index in [1.165, 1.54) is 61.0 Å². The van der Waals surface area contributed by atoms with Gasteiger partial charge in [0, 0.05) is 26.6 Å². The van der Waals surface area contributed by atoms with Gasteiger partial charge in [-0.05, 0) is 99.3 Å². The molecule has 0 bridgehead atoms. The summed E-state index contributed by atoms with van der Waals surface area (Å²) in [6, 6.07) is 15.7. The second-order valence-electron chi connectivity index (χ2n) is 9.57. The fraction of sp³-hybridized carbons (Fsp3) is 0.481. The fourth-order valence-electron chi connectivity index (χ4n) is 5.79. The summed E-state index contributed by atoms with van der Waals surface area (Å²) in [4.78, 5) is 2.63. The number of piperidine rings is 1. The summed E-state index contributed by atoms with van der Waals surface area (Å²) in [5.74, 6) is 0. The zero-order chi connectivity index (χ0) is 21.5. The van der Waals surface area contributed by atoms with Crippen LogP contribution < -0.4 is 5.32 Å². The lowest BCUT2D eigenvalue weighted by atomic mass is 9.72. The number of nitrogens with one attached hydrogen (secondary N) is 1. The van der Waals surface area contributed by atoms with Gasteiger partial charge in [0.1, 0.15) is 0 Å². The van der Waals surface area contributed by atoms with Crippen LogP contribution in [0, 0.1) is 0 Å². The van der Waals surface area contributed by atoms with Crippen molar-refractivity contribution in [2.24, 2.45) is 0 Å². The van der Waals surface area contributed by atoms with Crippen LogP contribution in [0.2, 0.25) is 5.02 Å². The molecule has 5 rings (SSSR count). The fourth-order valence-corrected chi connectivity index (χ4v) is 7.03. The van der Waals surface area contributed by atoms with E-state index in [0.717, 1.165) is 36.7 Å². The van der Waals surface area contributed by atoms with Gasteiger partial charge in [-0.2, -0.15) is 11.8 Å². The van der Waals surface area contributed by atoms with Crippen molar-refractivity contribution < 1.29 is 0 Å². The van der Waals surface area contributed by atoms with Crippen molar-refractivity contribution >= 4 is 29.1 Å². The van der Waals surface area contributed by atoms with E-state index in [0.29, 0.717) is 4.75 Å². The maximum atomic E-state index is 6.31. The number of hydrogen-bond donors (Lipinski definition) is 1. The third kappa shape index (κ3) is 3.83. The molecule has 2 nitrogen and oxygen atoms in total. The van der Waals surface area contributed by atoms with Gasteiger partial charge in [0.15, 0.2) is 0 Å². The van der Waals surface area contributed by atoms with E-state index < -0.39 is 0 Å². The molecule has 1 spiro atoms. The Morgan fingerprint density at radius 1 is 1.06 bits per heavy atom. The first-order valence-electron chi connectivity index (χ1n) is 11.7. The molecule has 2 aromatic rings. The standard InChI is InChI=1S/C27H33ClN2S/c1-20-26(24-19-23(28)10-11-25(24)29-20)14-17-30(18-15-26)16-3-5-21-6-8-22(9-7-21)27(31-2)12-4-13-27/h6-11,19,29H,1,3-5,12-18H2,2H3. The maximum Gasteiger partial charge on any atom is 0.0425 e. The molecule has 1 saturated carbocycles. The molecule has 0 aromatic heterocycles. The molecule has 1 N–H and O–H groups in total. The maximum absolute atomic E-state index is 6.31. The van der Waals surface area contributed by atoms with Gasteiger partial charge in [-0.25, -0.2) is 0 Å². The number of likely N-dealkylation sites (tertiary alicyclic amines) is 1. The topological polar surface area (TPSA) is 15.3 Å². The first-order valence-corrected chi connectivity index (χ1v) is 13.3. The largest absolute Gasteiger partial charge is 0.358 e. The van der Waals surface area contributed by atoms with E-state index in [2.05, 4.69) is 59.4 Å². The normalized spacial score (nSPS) is 21.5. The lowest BCUT2D eigenvalue weighted by Crippen LogP contribution is -2.43. The predicted octanol–water partition coefficient (Wildman–Crippen LogP) is 6.99. The first kappa shape index (κ1) is 21.4. The smallest absolute Gasteiger partial charge is 0.0425 e. The number of benzene rings is 2. The number of thioether (sulfide) groups is 1. The molecule has 164 valence electrons. The zero-order valence-electron chi connectivity index (χ0n) is 18.6. The van der Waals surface area contributed by atoms with Crippen molar-refractivity contribution in [1.82, 2.24) is 4.90 Å². The van der Waals surface area contributed by atoms with E-state index in [9.17, 15) is 0 Å². The van der Waals surface area contributed by atoms with E-state index in [1.807, 2.05) is 17.8 Å². The molecular formula is C27H33ClN2S. The number of rotatable bonds is 6. The number of halogens is 1. The lowest BCUT2D eigenvalue weighted by molar-refractivity contribution is 0.179. The average molecular weight is 453 g/mol. The molecule has 2 aromatic carbocycles. The Kier molecular flexibility index (Phi) is 5.87. The molecule has 0 radical (unpaired) electrons. The number of anilines is 1. The van der Waals surface area contributed by atoms with Gasteiger partial charge in [0.25, 0.3) is 0 Å². The molecule has 2 fully saturated rings. The molecule has 3 aliphatic rings. The molecule has 1 saturated heterocycles. The monoisotopic (exact) mass is 452 g/mol. The average Bonchev–Trinajstić information content (AvgIpc) is 3.01. The predicted molar refractivity (Wildman–Crippen MR) is 135 cm³/mol. The van der Waals surface area contributed by atoms with Crippen LogP contribution in [0.25, 0.3) is 0 Å². The van der Waals surface area contributed by atoms with Crippen molar-refractivity contribution in [1.29, 1.82) is 0 Å². The number of hydrogen-bond acceptors (Lipinski definition) is 3. The first-order chi connectivity index (χ1) is 15.0. The van der Waals surface area contributed by atoms with Gasteiger partial charge < -0.3 is 10.2 Å². The minimum Gasteiger partial charge on any atom is -0.358 e. The molecule has 0 amide bonds. The van der Waals surface area contributed by atoms with Crippen LogP contribution in [0.4, 0.5) is 5.69 Å². The lowest BCUT2D eigenvalue weighted by Gasteiger charge is -2.41. The van der Waals surface area contributed by atoms with Gasteiger partial charge in [-0.3, -0.25) is 0 Å². The number of aryl methyl sites for hydroxylation is 1. The molecular weight excluding hydrogens is 420 g/mol. The molecule has 31 heavy (non-hydrogen) atoms. The Hall–Kier alpha value is -1.42. The molecule has 0 atom stereocenters. The van der Waals surface area contributed by atoms with Crippen molar-refractivity contribution in [2.75, 3.05) is 31.2 Å². The Morgan fingerprint density at radius 2 is 1.81 bits per heavy atom. The van der Waals surface area contributed by atoms with Crippen LogP contribution in [0.15, 0.2) is 54.7 Å². The van der Waals surface area contributed by atoms with Crippen molar-refractivity contribution in [3.8, 4) is 0 Å². The van der Waals surface area contributed by atoms with Gasteiger partial charge in [0.05, 0.1) is 0 Å². The molecule has 0 unspecified atom stereocenters. The summed E-state index contributed by atoms with van der Waals surface area (Å²) in [6.45, 7) is 7.80. The van der Waals surface area contributed by atoms with Crippen LogP contribution in [0.5, 0.6) is 0 Å². The quantitative estimate of drug-likeness (QED) is 0.508. The Bertz CT molecular complexity index is 950. The van der Waals surface area contributed by atoms with Gasteiger partial charge in [-0.15, -0.1) is 0 Å². The van der Waals surface area contributed by atoms with Crippen molar-refractivity contribution in [3.63, 3.8) is 0 Å². The van der Waals surface area contributed by atoms with Crippen LogP contribution >= 0.6 is 23.4 Å². The SMILES string of the molecule is C=C1Nc2ccc(Cl)cc2C12CCN(CCCc1ccc(C3(SC)CCC3)cc1)CC2. The summed E-state index contributed by atoms with van der Waals surface area (Å²) in [5.41, 5.74) is 6.75. The summed E-state index contributed by atoms with van der Waals surface area (Å²) < 4.78 is 0.407. The van der Waals surface area contributed by atoms with Crippen molar-refractivity contribution in [3.05, 3.63) is 76.5 Å². The molecule has 2 heterocycles.